The second-order valence-corrected chi connectivity index (χ2v) is 4.29. The second-order valence-electron chi connectivity index (χ2n) is 4.29. The average molecular weight is 146 g/mol. The third-order valence-electron chi connectivity index (χ3n) is 3.82. The molecule has 3 rings (SSSR count). The van der Waals surface area contributed by atoms with Gasteiger partial charge in [0, 0.05) is 0 Å². The van der Waals surface area contributed by atoms with Crippen LogP contribution in [0, 0.1) is 17.3 Å². The molecule has 0 N–H and O–H groups in total. The Morgan fingerprint density at radius 1 is 1.18 bits per heavy atom. The molecule has 11 heavy (non-hydrogen) atoms. The maximum absolute atomic E-state index is 2.47. The summed E-state index contributed by atoms with van der Waals surface area (Å²) in [4.78, 5) is 0. The summed E-state index contributed by atoms with van der Waals surface area (Å²) >= 11 is 0. The van der Waals surface area contributed by atoms with Crippen molar-refractivity contribution < 1.29 is 0 Å². The highest BCUT2D eigenvalue weighted by atomic mass is 14.6. The SMILES string of the molecule is C1=CC2CCCC3CC23C=C1. The van der Waals surface area contributed by atoms with Gasteiger partial charge in [0.1, 0.15) is 0 Å². The van der Waals surface area contributed by atoms with Crippen molar-refractivity contribution in [3.05, 3.63) is 24.3 Å². The van der Waals surface area contributed by atoms with E-state index in [1.54, 1.807) is 0 Å². The molecular formula is C11H14. The molecule has 0 amide bonds. The van der Waals surface area contributed by atoms with Crippen LogP contribution in [0.15, 0.2) is 24.3 Å². The van der Waals surface area contributed by atoms with E-state index in [1.807, 2.05) is 0 Å². The third kappa shape index (κ3) is 0.654. The smallest absolute Gasteiger partial charge is 0.00208 e. The average Bonchev–Trinajstić information content (AvgIpc) is 2.75. The van der Waals surface area contributed by atoms with E-state index in [0.29, 0.717) is 5.41 Å². The Kier molecular flexibility index (Phi) is 0.988. The molecule has 0 aromatic heterocycles. The molecule has 0 aromatic rings. The molecule has 2 fully saturated rings. The van der Waals surface area contributed by atoms with Crippen LogP contribution in [0.1, 0.15) is 25.7 Å². The molecule has 3 atom stereocenters. The van der Waals surface area contributed by atoms with E-state index in [0.717, 1.165) is 11.8 Å². The zero-order chi connectivity index (χ0) is 7.31. The molecule has 0 radical (unpaired) electrons. The zero-order valence-corrected chi connectivity index (χ0v) is 6.79. The standard InChI is InChI=1S/C11H14/c1-2-7-11-8-10(11)6-3-5-9(11)4-1/h1-2,4,7,9-10H,3,5-6,8H2. The van der Waals surface area contributed by atoms with Gasteiger partial charge in [0.05, 0.1) is 0 Å². The summed E-state index contributed by atoms with van der Waals surface area (Å²) in [7, 11) is 0. The molecule has 58 valence electrons. The quantitative estimate of drug-likeness (QED) is 0.493. The molecule has 0 bridgehead atoms. The summed E-state index contributed by atoms with van der Waals surface area (Å²) < 4.78 is 0. The van der Waals surface area contributed by atoms with Crippen molar-refractivity contribution in [2.45, 2.75) is 25.7 Å². The normalized spacial score (nSPS) is 51.6. The first-order valence-electron chi connectivity index (χ1n) is 4.78. The molecule has 0 aromatic carbocycles. The topological polar surface area (TPSA) is 0 Å². The first-order valence-corrected chi connectivity index (χ1v) is 4.78. The zero-order valence-electron chi connectivity index (χ0n) is 6.79. The Morgan fingerprint density at radius 3 is 3.09 bits per heavy atom. The number of allylic oxidation sites excluding steroid dienone is 4. The molecule has 3 aliphatic carbocycles. The Bertz CT molecular complexity index is 236. The van der Waals surface area contributed by atoms with E-state index < -0.39 is 0 Å². The van der Waals surface area contributed by atoms with Crippen molar-refractivity contribution in [1.82, 2.24) is 0 Å². The van der Waals surface area contributed by atoms with Crippen LogP contribution in [-0.4, -0.2) is 0 Å². The second kappa shape index (κ2) is 1.80. The van der Waals surface area contributed by atoms with E-state index in [4.69, 9.17) is 0 Å². The summed E-state index contributed by atoms with van der Waals surface area (Å²) in [5, 5.41) is 0. The lowest BCUT2D eigenvalue weighted by Gasteiger charge is -2.29. The van der Waals surface area contributed by atoms with E-state index in [1.165, 1.54) is 25.7 Å². The summed E-state index contributed by atoms with van der Waals surface area (Å²) in [6.07, 6.45) is 15.3. The van der Waals surface area contributed by atoms with Gasteiger partial charge in [0.2, 0.25) is 0 Å². The minimum Gasteiger partial charge on any atom is -0.0806 e. The van der Waals surface area contributed by atoms with Gasteiger partial charge in [-0.25, -0.2) is 0 Å². The monoisotopic (exact) mass is 146 g/mol. The van der Waals surface area contributed by atoms with E-state index in [2.05, 4.69) is 24.3 Å². The summed E-state index contributed by atoms with van der Waals surface area (Å²) in [6.45, 7) is 0. The van der Waals surface area contributed by atoms with Crippen molar-refractivity contribution in [2.75, 3.05) is 0 Å². The van der Waals surface area contributed by atoms with Crippen molar-refractivity contribution in [3.8, 4) is 0 Å². The Morgan fingerprint density at radius 2 is 2.18 bits per heavy atom. The predicted molar refractivity (Wildman–Crippen MR) is 46.2 cm³/mol. The molecule has 0 heteroatoms. The van der Waals surface area contributed by atoms with Crippen LogP contribution in [-0.2, 0) is 0 Å². The number of hydrogen-bond acceptors (Lipinski definition) is 0. The summed E-state index contributed by atoms with van der Waals surface area (Å²) in [6, 6.07) is 0. The highest BCUT2D eigenvalue weighted by Crippen LogP contribution is 2.66. The molecule has 2 saturated carbocycles. The van der Waals surface area contributed by atoms with Crippen molar-refractivity contribution in [1.29, 1.82) is 0 Å². The maximum Gasteiger partial charge on any atom is -0.00208 e. The highest BCUT2D eigenvalue weighted by molar-refractivity contribution is 5.29. The highest BCUT2D eigenvalue weighted by Gasteiger charge is 2.57. The Balaban J connectivity index is 1.98. The molecule has 3 aliphatic rings. The minimum atomic E-state index is 0.674. The first kappa shape index (κ1) is 6.05. The van der Waals surface area contributed by atoms with Crippen LogP contribution >= 0.6 is 0 Å². The maximum atomic E-state index is 2.47. The van der Waals surface area contributed by atoms with Gasteiger partial charge in [0.25, 0.3) is 0 Å². The summed E-state index contributed by atoms with van der Waals surface area (Å²) in [5.74, 6) is 1.97. The van der Waals surface area contributed by atoms with E-state index in [9.17, 15) is 0 Å². The van der Waals surface area contributed by atoms with Crippen LogP contribution in [0.5, 0.6) is 0 Å². The molecule has 1 spiro atoms. The van der Waals surface area contributed by atoms with Crippen LogP contribution in [0.3, 0.4) is 0 Å². The fraction of sp³-hybridized carbons (Fsp3) is 0.636. The number of rotatable bonds is 0. The first-order chi connectivity index (χ1) is 5.42. The van der Waals surface area contributed by atoms with Crippen LogP contribution in [0.25, 0.3) is 0 Å². The van der Waals surface area contributed by atoms with Gasteiger partial charge < -0.3 is 0 Å². The molecule has 0 saturated heterocycles. The lowest BCUT2D eigenvalue weighted by Crippen LogP contribution is -2.19. The van der Waals surface area contributed by atoms with Crippen molar-refractivity contribution in [3.63, 3.8) is 0 Å². The van der Waals surface area contributed by atoms with Gasteiger partial charge in [-0.15, -0.1) is 0 Å². The Labute approximate surface area is 68.0 Å². The molecule has 0 aliphatic heterocycles. The van der Waals surface area contributed by atoms with E-state index >= 15 is 0 Å². The predicted octanol–water partition coefficient (Wildman–Crippen LogP) is 2.92. The Hall–Kier alpha value is -0.520. The van der Waals surface area contributed by atoms with Crippen molar-refractivity contribution in [2.24, 2.45) is 17.3 Å². The largest absolute Gasteiger partial charge is 0.0806 e. The van der Waals surface area contributed by atoms with Gasteiger partial charge in [0.15, 0.2) is 0 Å². The van der Waals surface area contributed by atoms with Gasteiger partial charge >= 0.3 is 0 Å². The van der Waals surface area contributed by atoms with Crippen LogP contribution in [0.2, 0.25) is 0 Å². The van der Waals surface area contributed by atoms with Gasteiger partial charge in [-0.05, 0) is 36.5 Å². The fourth-order valence-corrected chi connectivity index (χ4v) is 3.08. The molecule has 0 nitrogen and oxygen atoms in total. The van der Waals surface area contributed by atoms with Gasteiger partial charge in [-0.1, -0.05) is 30.7 Å². The lowest BCUT2D eigenvalue weighted by molar-refractivity contribution is 0.317. The van der Waals surface area contributed by atoms with Gasteiger partial charge in [-0.3, -0.25) is 0 Å². The van der Waals surface area contributed by atoms with Gasteiger partial charge in [-0.2, -0.15) is 0 Å². The molecular weight excluding hydrogens is 132 g/mol. The fourth-order valence-electron chi connectivity index (χ4n) is 3.08. The summed E-state index contributed by atoms with van der Waals surface area (Å²) in [5.41, 5.74) is 0.674. The molecule has 3 unspecified atom stereocenters. The number of hydrogen-bond donors (Lipinski definition) is 0. The van der Waals surface area contributed by atoms with Crippen molar-refractivity contribution >= 4 is 0 Å². The third-order valence-corrected chi connectivity index (χ3v) is 3.82. The molecule has 0 heterocycles. The lowest BCUT2D eigenvalue weighted by atomic mass is 9.76. The minimum absolute atomic E-state index is 0.674. The van der Waals surface area contributed by atoms with E-state index in [-0.39, 0.29) is 0 Å². The van der Waals surface area contributed by atoms with Crippen LogP contribution < -0.4 is 0 Å². The van der Waals surface area contributed by atoms with Crippen LogP contribution in [0.4, 0.5) is 0 Å².